The van der Waals surface area contributed by atoms with Gasteiger partial charge in [-0.05, 0) is 240 Å². The Morgan fingerprint density at radius 1 is 0.292 bits per heavy atom. The van der Waals surface area contributed by atoms with Crippen LogP contribution in [-0.4, -0.2) is 226 Å². The van der Waals surface area contributed by atoms with E-state index < -0.39 is 101 Å². The minimum absolute atomic E-state index is 0.00941. The molecule has 48 heteroatoms. The second-order valence-corrected chi connectivity index (χ2v) is 48.2. The third kappa shape index (κ3) is 34.4. The lowest BCUT2D eigenvalue weighted by atomic mass is 9.98. The summed E-state index contributed by atoms with van der Waals surface area (Å²) < 4.78 is 203. The van der Waals surface area contributed by atoms with Crippen molar-refractivity contribution in [3.8, 4) is 0 Å². The van der Waals surface area contributed by atoms with Crippen molar-refractivity contribution in [1.29, 1.82) is 0 Å². The summed E-state index contributed by atoms with van der Waals surface area (Å²) in [6.45, 7) is 10.2. The standard InChI is InChI=1S/C14H18Cl2N2O3S.2C14H18ClFN2O3S.C14H18F2N2O3S.2C13H16BrClN2O3S/c1-2-22(20,21)18-7-3-4-10(9-18)14(19)17-11-5-6-12(15)13(16)8-11;1-2-22(20,21)18-7-3-4-10(9-18)14(19)17-11-5-6-13(16)12(15)8-11;2*1-2-22(20,21)18-7-3-4-10(9-18)14(19)17-11-5-6-12(15)13(16)8-11;1-21(19,20)17-6-2-3-9(8-17)13(18)16-10-4-5-12(15)11(14)7-10;1-21(19,20)17-6-2-3-9(8-17)13(18)16-10-4-5-11(14)12(15)7-10/h4*5-6,8,10H,2-4,7,9H2,1H3,(H,17,19);2*4-5,7,9H,2-3,6,8H2,1H3,(H,16,18)/t4*10-;2*9-/m000000/s1. The van der Waals surface area contributed by atoms with Crippen LogP contribution in [0.1, 0.15) is 105 Å². The molecule has 6 aliphatic heterocycles. The highest BCUT2D eigenvalue weighted by atomic mass is 79.9. The third-order valence-electron chi connectivity index (χ3n) is 21.6. The number of carbonyl (C=O) groups is 6. The number of amides is 6. The van der Waals surface area contributed by atoms with E-state index in [-0.39, 0.29) is 131 Å². The van der Waals surface area contributed by atoms with Crippen LogP contribution < -0.4 is 31.9 Å². The first kappa shape index (κ1) is 111. The summed E-state index contributed by atoms with van der Waals surface area (Å²) in [4.78, 5) is 73.5. The van der Waals surface area contributed by atoms with Gasteiger partial charge in [0.2, 0.25) is 95.6 Å². The number of anilines is 6. The molecule has 6 amide bonds. The maximum atomic E-state index is 13.4. The Hall–Kier alpha value is -5.98. The highest BCUT2D eigenvalue weighted by Gasteiger charge is 2.38. The Bertz CT molecular complexity index is 5180. The smallest absolute Gasteiger partial charge is 0.228 e. The lowest BCUT2D eigenvalue weighted by Gasteiger charge is -2.30. The fraction of sp³-hybridized carbons (Fsp3) is 0.488. The fourth-order valence-corrected chi connectivity index (χ4v) is 22.3. The van der Waals surface area contributed by atoms with E-state index in [1.54, 1.807) is 82.3 Å². The summed E-state index contributed by atoms with van der Waals surface area (Å²) in [5.74, 6) is -7.02. The Morgan fingerprint density at radius 3 is 0.815 bits per heavy atom. The molecule has 12 rings (SSSR count). The number of benzene rings is 6. The molecule has 0 saturated carbocycles. The summed E-state index contributed by atoms with van der Waals surface area (Å²) in [5, 5.41) is 17.9. The van der Waals surface area contributed by atoms with Gasteiger partial charge in [0.1, 0.15) is 11.6 Å². The minimum atomic E-state index is -3.33. The van der Waals surface area contributed by atoms with Gasteiger partial charge in [-0.2, -0.15) is 0 Å². The number of piperidine rings is 6. The summed E-state index contributed by atoms with van der Waals surface area (Å²) in [7, 11) is -19.7. The Balaban J connectivity index is 0.000000213. The molecule has 30 nitrogen and oxygen atoms in total. The van der Waals surface area contributed by atoms with Crippen molar-refractivity contribution in [3.05, 3.63) is 172 Å². The molecule has 6 N–H and O–H groups in total. The lowest BCUT2D eigenvalue weighted by Crippen LogP contribution is -2.44. The van der Waals surface area contributed by atoms with Crippen LogP contribution in [-0.2, 0) is 88.9 Å². The molecule has 720 valence electrons. The predicted molar refractivity (Wildman–Crippen MR) is 509 cm³/mol. The number of hydrogen-bond donors (Lipinski definition) is 6. The molecule has 6 aromatic carbocycles. The van der Waals surface area contributed by atoms with Crippen molar-refractivity contribution in [1.82, 2.24) is 25.8 Å². The van der Waals surface area contributed by atoms with Gasteiger partial charge in [0, 0.05) is 128 Å². The topological polar surface area (TPSA) is 399 Å². The molecule has 0 spiro atoms. The van der Waals surface area contributed by atoms with Gasteiger partial charge in [0.05, 0.1) is 101 Å². The maximum absolute atomic E-state index is 13.4. The highest BCUT2D eigenvalue weighted by Crippen LogP contribution is 2.34. The molecule has 0 bridgehead atoms. The van der Waals surface area contributed by atoms with Crippen molar-refractivity contribution in [3.63, 3.8) is 0 Å². The van der Waals surface area contributed by atoms with E-state index >= 15 is 0 Å². The van der Waals surface area contributed by atoms with Crippen molar-refractivity contribution >= 4 is 231 Å². The van der Waals surface area contributed by atoms with Crippen LogP contribution in [0.2, 0.25) is 30.1 Å². The molecule has 0 aliphatic carbocycles. The minimum Gasteiger partial charge on any atom is -0.326 e. The molecular formula is C82H104Br2Cl6F4N12O18S6. The molecule has 130 heavy (non-hydrogen) atoms. The number of carbonyl (C=O) groups excluding carboxylic acids is 6. The molecular weight excluding hydrogens is 2080 g/mol. The quantitative estimate of drug-likeness (QED) is 0.0344. The third-order valence-corrected chi connectivity index (χ3v) is 35.3. The van der Waals surface area contributed by atoms with Gasteiger partial charge >= 0.3 is 0 Å². The van der Waals surface area contributed by atoms with E-state index in [1.165, 1.54) is 74.7 Å². The van der Waals surface area contributed by atoms with E-state index in [0.29, 0.717) is 169 Å². The predicted octanol–water partition coefficient (Wildman–Crippen LogP) is 15.3. The zero-order valence-corrected chi connectivity index (χ0v) is 84.3. The summed E-state index contributed by atoms with van der Waals surface area (Å²) in [5.41, 5.74) is 2.64. The molecule has 6 fully saturated rings. The normalized spacial score (nSPS) is 20.0. The maximum Gasteiger partial charge on any atom is 0.228 e. The number of hydrogen-bond acceptors (Lipinski definition) is 18. The number of sulfonamides is 6. The number of nitrogens with zero attached hydrogens (tertiary/aromatic N) is 6. The molecule has 0 unspecified atom stereocenters. The van der Waals surface area contributed by atoms with E-state index in [1.807, 2.05) is 0 Å². The van der Waals surface area contributed by atoms with Crippen LogP contribution in [0.5, 0.6) is 0 Å². The van der Waals surface area contributed by atoms with Crippen LogP contribution in [0.15, 0.2) is 118 Å². The fourth-order valence-electron chi connectivity index (χ4n) is 14.2. The number of rotatable bonds is 22. The van der Waals surface area contributed by atoms with Gasteiger partial charge in [-0.25, -0.2) is 93.9 Å². The summed E-state index contributed by atoms with van der Waals surface area (Å²) in [6, 6.07) is 26.1. The van der Waals surface area contributed by atoms with Crippen LogP contribution in [0.25, 0.3) is 0 Å². The van der Waals surface area contributed by atoms with Gasteiger partial charge in [0.25, 0.3) is 0 Å². The summed E-state index contributed by atoms with van der Waals surface area (Å²) in [6.07, 6.45) is 10.1. The first-order valence-electron chi connectivity index (χ1n) is 41.2. The summed E-state index contributed by atoms with van der Waals surface area (Å²) >= 11 is 41.5. The van der Waals surface area contributed by atoms with Crippen molar-refractivity contribution in [2.24, 2.45) is 35.5 Å². The van der Waals surface area contributed by atoms with Gasteiger partial charge < -0.3 is 31.9 Å². The van der Waals surface area contributed by atoms with Crippen molar-refractivity contribution in [2.75, 3.05) is 146 Å². The van der Waals surface area contributed by atoms with E-state index in [9.17, 15) is 96.8 Å². The van der Waals surface area contributed by atoms with Crippen LogP contribution in [0.4, 0.5) is 51.7 Å². The number of nitrogens with one attached hydrogen (secondary N) is 6. The Labute approximate surface area is 804 Å². The first-order chi connectivity index (χ1) is 60.9. The van der Waals surface area contributed by atoms with Crippen LogP contribution in [0.3, 0.4) is 0 Å². The lowest BCUT2D eigenvalue weighted by molar-refractivity contribution is -0.121. The molecule has 6 aliphatic rings. The monoisotopic (exact) mass is 2180 g/mol. The number of halogens is 12. The van der Waals surface area contributed by atoms with Crippen LogP contribution >= 0.6 is 101 Å². The van der Waals surface area contributed by atoms with E-state index in [0.717, 1.165) is 22.7 Å². The largest absolute Gasteiger partial charge is 0.326 e. The molecule has 0 radical (unpaired) electrons. The second kappa shape index (κ2) is 50.7. The molecule has 6 atom stereocenters. The SMILES string of the molecule is CCS(=O)(=O)N1CCC[C@H](C(=O)Nc2ccc(Cl)c(Cl)c2)C1.CCS(=O)(=O)N1CCC[C@H](C(=O)Nc2ccc(Cl)c(F)c2)C1.CCS(=O)(=O)N1CCC[C@H](C(=O)Nc2ccc(F)c(Cl)c2)C1.CCS(=O)(=O)N1CCC[C@H](C(=O)Nc2ccc(F)c(F)c2)C1.CS(=O)(=O)N1CCC[C@H](C(=O)Nc2ccc(Br)c(Cl)c2)C1.CS(=O)(=O)N1CCC[C@H](C(=O)Nc2ccc(Cl)c(Br)c2)C1. The van der Waals surface area contributed by atoms with Crippen molar-refractivity contribution < 1.29 is 96.8 Å². The zero-order valence-electron chi connectivity index (χ0n) is 71.7. The molecule has 6 saturated heterocycles. The van der Waals surface area contributed by atoms with Gasteiger partial charge in [0.15, 0.2) is 11.6 Å². The first-order valence-corrected chi connectivity index (χ1v) is 55.2. The van der Waals surface area contributed by atoms with Crippen LogP contribution in [0, 0.1) is 58.8 Å². The second-order valence-electron chi connectivity index (χ2n) is 31.0. The average Bonchev–Trinajstić information content (AvgIpc) is 0.831. The molecule has 6 aromatic rings. The van der Waals surface area contributed by atoms with E-state index in [4.69, 9.17) is 69.6 Å². The zero-order chi connectivity index (χ0) is 96.6. The van der Waals surface area contributed by atoms with Crippen molar-refractivity contribution in [2.45, 2.75) is 105 Å². The van der Waals surface area contributed by atoms with Gasteiger partial charge in [-0.15, -0.1) is 0 Å². The Kier molecular flexibility index (Phi) is 43.3. The van der Waals surface area contributed by atoms with Gasteiger partial charge in [-0.1, -0.05) is 69.6 Å². The average molecular weight is 2190 g/mol. The molecule has 6 heterocycles. The molecule has 0 aromatic heterocycles. The van der Waals surface area contributed by atoms with E-state index in [2.05, 4.69) is 63.8 Å². The highest BCUT2D eigenvalue weighted by molar-refractivity contribution is 9.11. The Morgan fingerprint density at radius 2 is 0.538 bits per heavy atom. The van der Waals surface area contributed by atoms with Gasteiger partial charge in [-0.3, -0.25) is 28.8 Å².